The highest BCUT2D eigenvalue weighted by Gasteiger charge is 2.21. The lowest BCUT2D eigenvalue weighted by Crippen LogP contribution is -2.16. The van der Waals surface area contributed by atoms with Crippen molar-refractivity contribution in [3.63, 3.8) is 0 Å². The summed E-state index contributed by atoms with van der Waals surface area (Å²) in [6, 6.07) is 26.9. The summed E-state index contributed by atoms with van der Waals surface area (Å²) in [6.45, 7) is 13.4. The van der Waals surface area contributed by atoms with E-state index in [9.17, 15) is 0 Å². The molecule has 2 N–H and O–H groups in total. The monoisotopic (exact) mass is 435 g/mol. The van der Waals surface area contributed by atoms with Crippen LogP contribution >= 0.6 is 0 Å². The zero-order valence-corrected chi connectivity index (χ0v) is 20.6. The van der Waals surface area contributed by atoms with E-state index < -0.39 is 0 Å². The predicted molar refractivity (Wildman–Crippen MR) is 145 cm³/mol. The Morgan fingerprint density at radius 3 is 1.55 bits per heavy atom. The lowest BCUT2D eigenvalue weighted by Gasteiger charge is -2.26. The number of nitrogen functional groups attached to an aromatic ring is 1. The molecule has 1 nitrogen and oxygen atoms in total. The molecule has 4 aromatic carbocycles. The van der Waals surface area contributed by atoms with E-state index in [0.717, 1.165) is 27.8 Å². The zero-order chi connectivity index (χ0) is 25.5. The van der Waals surface area contributed by atoms with Gasteiger partial charge in [-0.3, -0.25) is 0 Å². The molecular weight excluding hydrogens is 398 g/mol. The van der Waals surface area contributed by atoms with Gasteiger partial charge in [0.15, 0.2) is 0 Å². The first kappa shape index (κ1) is 20.3. The Morgan fingerprint density at radius 2 is 1.03 bits per heavy atom. The van der Waals surface area contributed by atoms with E-state index in [1.807, 2.05) is 60.7 Å². The zero-order valence-electron chi connectivity index (χ0n) is 22.6. The summed E-state index contributed by atoms with van der Waals surface area (Å²) in [5.41, 5.74) is 15.1. The average molecular weight is 436 g/mol. The maximum absolute atomic E-state index is 8.77. The van der Waals surface area contributed by atoms with Crippen LogP contribution in [0.3, 0.4) is 0 Å². The van der Waals surface area contributed by atoms with Crippen molar-refractivity contribution in [3.8, 4) is 33.4 Å². The number of nitrogens with two attached hydrogens (primary N) is 1. The minimum atomic E-state index is -0.00164. The molecule has 33 heavy (non-hydrogen) atoms. The highest BCUT2D eigenvalue weighted by atomic mass is 14.6. The lowest BCUT2D eigenvalue weighted by molar-refractivity contribution is 0.569. The molecule has 0 bridgehead atoms. The van der Waals surface area contributed by atoms with Crippen molar-refractivity contribution in [2.24, 2.45) is 0 Å². The molecule has 0 aromatic heterocycles. The predicted octanol–water partition coefficient (Wildman–Crippen LogP) is 8.86. The number of anilines is 1. The summed E-state index contributed by atoms with van der Waals surface area (Å²) in [7, 11) is 0. The van der Waals surface area contributed by atoms with Gasteiger partial charge in [-0.1, -0.05) is 132 Å². The van der Waals surface area contributed by atoms with Crippen LogP contribution in [-0.4, -0.2) is 0 Å². The summed E-state index contributed by atoms with van der Waals surface area (Å²) in [5, 5.41) is 0. The van der Waals surface area contributed by atoms with E-state index in [0.29, 0.717) is 23.3 Å². The molecule has 4 rings (SSSR count). The van der Waals surface area contributed by atoms with Gasteiger partial charge in [0.05, 0.1) is 2.74 Å². The number of hydrogen-bond donors (Lipinski definition) is 1. The van der Waals surface area contributed by atoms with Crippen LogP contribution in [0.2, 0.25) is 0 Å². The highest BCUT2D eigenvalue weighted by molar-refractivity contribution is 5.89. The van der Waals surface area contributed by atoms with Gasteiger partial charge < -0.3 is 5.73 Å². The molecule has 0 saturated heterocycles. The molecule has 0 aliphatic carbocycles. The highest BCUT2D eigenvalue weighted by Crippen LogP contribution is 2.39. The Hall–Kier alpha value is -3.32. The second-order valence-corrected chi connectivity index (χ2v) is 10.8. The molecule has 0 heterocycles. The molecule has 4 aromatic rings. The van der Waals surface area contributed by atoms with E-state index in [1.165, 1.54) is 11.1 Å². The van der Waals surface area contributed by atoms with Gasteiger partial charge in [-0.25, -0.2) is 0 Å². The van der Waals surface area contributed by atoms with Gasteiger partial charge in [0.1, 0.15) is 0 Å². The molecule has 0 fully saturated rings. The van der Waals surface area contributed by atoms with Crippen LogP contribution in [-0.2, 0) is 10.8 Å². The van der Waals surface area contributed by atoms with Crippen LogP contribution in [0.1, 0.15) is 55.4 Å². The number of para-hydroxylation sites is 1. The minimum Gasteiger partial charge on any atom is -0.398 e. The van der Waals surface area contributed by atoms with Gasteiger partial charge in [0, 0.05) is 16.8 Å². The van der Waals surface area contributed by atoms with Gasteiger partial charge in [0.2, 0.25) is 0 Å². The molecule has 0 spiro atoms. The normalized spacial score (nSPS) is 12.9. The molecule has 168 valence electrons. The fourth-order valence-electron chi connectivity index (χ4n) is 4.02. The van der Waals surface area contributed by atoms with Crippen molar-refractivity contribution >= 4 is 5.69 Å². The Labute approximate surface area is 202 Å². The number of rotatable bonds is 3. The van der Waals surface area contributed by atoms with Gasteiger partial charge in [0.25, 0.3) is 0 Å². The van der Waals surface area contributed by atoms with Crippen molar-refractivity contribution in [2.45, 2.75) is 52.4 Å². The maximum atomic E-state index is 8.77. The van der Waals surface area contributed by atoms with Crippen molar-refractivity contribution < 1.29 is 2.74 Å². The van der Waals surface area contributed by atoms with Crippen LogP contribution in [0.25, 0.3) is 33.4 Å². The molecule has 0 unspecified atom stereocenters. The van der Waals surface area contributed by atoms with Crippen LogP contribution in [0.4, 0.5) is 5.69 Å². The van der Waals surface area contributed by atoms with Crippen molar-refractivity contribution in [1.29, 1.82) is 0 Å². The van der Waals surface area contributed by atoms with Crippen molar-refractivity contribution in [1.82, 2.24) is 0 Å². The molecule has 0 aliphatic rings. The van der Waals surface area contributed by atoms with Crippen molar-refractivity contribution in [3.05, 3.63) is 102 Å². The molecule has 0 radical (unpaired) electrons. The average Bonchev–Trinajstić information content (AvgIpc) is 2.79. The topological polar surface area (TPSA) is 26.0 Å². The smallest absolute Gasteiger partial charge is 0.0629 e. The van der Waals surface area contributed by atoms with Crippen LogP contribution in [0.5, 0.6) is 0 Å². The van der Waals surface area contributed by atoms with Gasteiger partial charge in [-0.05, 0) is 44.2 Å². The fraction of sp³-hybridized carbons (Fsp3) is 0.250. The summed E-state index contributed by atoms with van der Waals surface area (Å²) < 4.78 is 17.5. The quantitative estimate of drug-likeness (QED) is 0.319. The second-order valence-electron chi connectivity index (χ2n) is 10.8. The molecule has 1 heteroatoms. The lowest BCUT2D eigenvalue weighted by atomic mass is 9.78. The van der Waals surface area contributed by atoms with E-state index in [1.54, 1.807) is 0 Å². The van der Waals surface area contributed by atoms with E-state index in [-0.39, 0.29) is 10.8 Å². The molecule has 0 atom stereocenters. The van der Waals surface area contributed by atoms with E-state index in [2.05, 4.69) is 59.7 Å². The SMILES string of the molecule is [2H]c1cc(-c2ccccc2)cc([2H])c1-c1cccc(-c2cc(C(C)(C)C)cc(C(C)(C)C)c2)c1N. The van der Waals surface area contributed by atoms with E-state index in [4.69, 9.17) is 8.48 Å². The third-order valence-corrected chi connectivity index (χ3v) is 6.20. The first-order valence-corrected chi connectivity index (χ1v) is 11.6. The first-order valence-electron chi connectivity index (χ1n) is 12.6. The largest absolute Gasteiger partial charge is 0.398 e. The third-order valence-electron chi connectivity index (χ3n) is 6.20. The number of hydrogen-bond acceptors (Lipinski definition) is 1. The Kier molecular flexibility index (Phi) is 5.26. The van der Waals surface area contributed by atoms with Crippen LogP contribution in [0, 0.1) is 0 Å². The molecule has 0 saturated carbocycles. The Balaban J connectivity index is 1.88. The second kappa shape index (κ2) is 8.56. The summed E-state index contributed by atoms with van der Waals surface area (Å²) in [6.07, 6.45) is 0. The Bertz CT molecular complexity index is 1320. The van der Waals surface area contributed by atoms with Gasteiger partial charge in [-0.2, -0.15) is 0 Å². The number of benzene rings is 4. The molecule has 0 amide bonds. The Morgan fingerprint density at radius 1 is 0.545 bits per heavy atom. The van der Waals surface area contributed by atoms with Gasteiger partial charge >= 0.3 is 0 Å². The maximum Gasteiger partial charge on any atom is 0.0629 e. The standard InChI is InChI=1S/C32H35N/c1-31(2,3)26-19-25(20-27(21-26)32(4,5)6)29-14-10-13-28(30(29)33)24-17-15-23(16-18-24)22-11-8-7-9-12-22/h7-21H,33H2,1-6H3/i17D,18D. The summed E-state index contributed by atoms with van der Waals surface area (Å²) in [4.78, 5) is 0. The van der Waals surface area contributed by atoms with Crippen molar-refractivity contribution in [2.75, 3.05) is 5.73 Å². The summed E-state index contributed by atoms with van der Waals surface area (Å²) >= 11 is 0. The molecule has 0 aliphatic heterocycles. The van der Waals surface area contributed by atoms with Gasteiger partial charge in [-0.15, -0.1) is 0 Å². The van der Waals surface area contributed by atoms with Crippen LogP contribution in [0.15, 0.2) is 90.9 Å². The summed E-state index contributed by atoms with van der Waals surface area (Å²) in [5.74, 6) is 0. The fourth-order valence-corrected chi connectivity index (χ4v) is 4.02. The van der Waals surface area contributed by atoms with Crippen LogP contribution < -0.4 is 5.73 Å². The first-order chi connectivity index (χ1) is 16.4. The molecular formula is C32H35N. The minimum absolute atomic E-state index is 0.00164. The third kappa shape index (κ3) is 4.88. The van der Waals surface area contributed by atoms with E-state index >= 15 is 0 Å².